The normalized spacial score (nSPS) is 21.4. The number of carbonyl (C=O) groups is 1. The number of aromatic amines is 1. The van der Waals surface area contributed by atoms with Gasteiger partial charge in [0.05, 0.1) is 0 Å². The van der Waals surface area contributed by atoms with Crippen LogP contribution in [0.5, 0.6) is 0 Å². The number of H-pyrrole nitrogens is 1. The number of pyridine rings is 1. The molecule has 134 valence electrons. The molecule has 1 fully saturated rings. The summed E-state index contributed by atoms with van der Waals surface area (Å²) in [6, 6.07) is 9.14. The Balaban J connectivity index is 1.53. The van der Waals surface area contributed by atoms with Gasteiger partial charge < -0.3 is 15.2 Å². The Kier molecular flexibility index (Phi) is 5.53. The largest absolute Gasteiger partial charge is 0.352 e. The third-order valence-corrected chi connectivity index (χ3v) is 4.88. The van der Waals surface area contributed by atoms with E-state index in [9.17, 15) is 9.59 Å². The number of carbonyl (C=O) groups excluding carboxylic acids is 1. The van der Waals surface area contributed by atoms with Crippen LogP contribution in [0.15, 0.2) is 35.1 Å². The summed E-state index contributed by atoms with van der Waals surface area (Å²) in [6.45, 7) is 8.46. The molecule has 2 heterocycles. The van der Waals surface area contributed by atoms with E-state index in [1.165, 1.54) is 6.42 Å². The van der Waals surface area contributed by atoms with E-state index in [0.29, 0.717) is 6.54 Å². The molecule has 2 atom stereocenters. The van der Waals surface area contributed by atoms with E-state index < -0.39 is 0 Å². The lowest BCUT2D eigenvalue weighted by Crippen LogP contribution is -2.40. The fourth-order valence-corrected chi connectivity index (χ4v) is 3.89. The summed E-state index contributed by atoms with van der Waals surface area (Å²) in [5.41, 5.74) is 0.589. The van der Waals surface area contributed by atoms with Gasteiger partial charge in [-0.05, 0) is 48.7 Å². The second-order valence-corrected chi connectivity index (χ2v) is 7.41. The Bertz CT molecular complexity index is 789. The summed E-state index contributed by atoms with van der Waals surface area (Å²) in [5.74, 6) is 1.19. The molecule has 1 amide bonds. The predicted octanol–water partition coefficient (Wildman–Crippen LogP) is 2.63. The van der Waals surface area contributed by atoms with E-state index in [2.05, 4.69) is 29.0 Å². The average Bonchev–Trinajstić information content (AvgIpc) is 2.57. The zero-order valence-electron chi connectivity index (χ0n) is 15.0. The van der Waals surface area contributed by atoms with Crippen molar-refractivity contribution in [3.8, 4) is 0 Å². The first-order valence-electron chi connectivity index (χ1n) is 9.15. The molecule has 0 bridgehead atoms. The minimum absolute atomic E-state index is 0.180. The van der Waals surface area contributed by atoms with Crippen LogP contribution in [-0.2, 0) is 0 Å². The monoisotopic (exact) mass is 341 g/mol. The van der Waals surface area contributed by atoms with Crippen LogP contribution in [-0.4, -0.2) is 42.0 Å². The Morgan fingerprint density at radius 3 is 2.72 bits per heavy atom. The van der Waals surface area contributed by atoms with Gasteiger partial charge in [0.1, 0.15) is 5.56 Å². The standard InChI is InChI=1S/C20H27N3O2/c1-14-10-15(2)13-23(12-14)9-5-8-21-19(24)17-11-16-6-3-4-7-18(16)22-20(17)25/h3-4,6-7,11,14-15H,5,8-10,12-13H2,1-2H3,(H,21,24)(H,22,25)/t14-,15+. The van der Waals surface area contributed by atoms with Gasteiger partial charge in [-0.25, -0.2) is 0 Å². The van der Waals surface area contributed by atoms with Crippen LogP contribution in [0.2, 0.25) is 0 Å². The van der Waals surface area contributed by atoms with Crippen molar-refractivity contribution in [3.05, 3.63) is 46.2 Å². The first-order valence-corrected chi connectivity index (χ1v) is 9.15. The average molecular weight is 341 g/mol. The molecule has 3 rings (SSSR count). The quantitative estimate of drug-likeness (QED) is 0.822. The molecule has 0 saturated carbocycles. The molecule has 5 heteroatoms. The number of nitrogens with zero attached hydrogens (tertiary/aromatic N) is 1. The maximum atomic E-state index is 12.3. The number of hydrogen-bond donors (Lipinski definition) is 2. The first-order chi connectivity index (χ1) is 12.0. The Hall–Kier alpha value is -2.14. The van der Waals surface area contributed by atoms with Crippen LogP contribution < -0.4 is 10.9 Å². The SMILES string of the molecule is C[C@@H]1C[C@H](C)CN(CCCNC(=O)c2cc3ccccc3[nH]c2=O)C1. The number of likely N-dealkylation sites (tertiary alicyclic amines) is 1. The van der Waals surface area contributed by atoms with E-state index in [4.69, 9.17) is 0 Å². The van der Waals surface area contributed by atoms with Gasteiger partial charge in [-0.2, -0.15) is 0 Å². The fourth-order valence-electron chi connectivity index (χ4n) is 3.89. The number of benzene rings is 1. The molecule has 0 spiro atoms. The predicted molar refractivity (Wildman–Crippen MR) is 101 cm³/mol. The molecule has 1 aromatic heterocycles. The molecule has 2 N–H and O–H groups in total. The summed E-state index contributed by atoms with van der Waals surface area (Å²) < 4.78 is 0. The molecule has 25 heavy (non-hydrogen) atoms. The molecule has 0 radical (unpaired) electrons. The Morgan fingerprint density at radius 2 is 1.96 bits per heavy atom. The van der Waals surface area contributed by atoms with Crippen LogP contribution in [0.4, 0.5) is 0 Å². The molecule has 1 saturated heterocycles. The highest BCUT2D eigenvalue weighted by Gasteiger charge is 2.21. The third-order valence-electron chi connectivity index (χ3n) is 4.88. The van der Waals surface area contributed by atoms with Gasteiger partial charge in [0, 0.05) is 25.2 Å². The van der Waals surface area contributed by atoms with Crippen molar-refractivity contribution in [2.45, 2.75) is 26.7 Å². The van der Waals surface area contributed by atoms with E-state index in [0.717, 1.165) is 48.8 Å². The maximum Gasteiger partial charge on any atom is 0.261 e. The number of piperidine rings is 1. The van der Waals surface area contributed by atoms with E-state index in [-0.39, 0.29) is 17.0 Å². The number of para-hydroxylation sites is 1. The highest BCUT2D eigenvalue weighted by molar-refractivity contribution is 5.97. The van der Waals surface area contributed by atoms with E-state index in [1.807, 2.05) is 24.3 Å². The van der Waals surface area contributed by atoms with Crippen molar-refractivity contribution in [2.24, 2.45) is 11.8 Å². The summed E-state index contributed by atoms with van der Waals surface area (Å²) >= 11 is 0. The molecule has 0 aliphatic carbocycles. The van der Waals surface area contributed by atoms with Gasteiger partial charge in [-0.1, -0.05) is 32.0 Å². The summed E-state index contributed by atoms with van der Waals surface area (Å²) in [4.78, 5) is 29.7. The van der Waals surface area contributed by atoms with Crippen LogP contribution in [0.1, 0.15) is 37.0 Å². The lowest BCUT2D eigenvalue weighted by Gasteiger charge is -2.34. The lowest BCUT2D eigenvalue weighted by molar-refractivity contribution is 0.0946. The second kappa shape index (κ2) is 7.83. The summed E-state index contributed by atoms with van der Waals surface area (Å²) in [7, 11) is 0. The molecule has 1 aromatic carbocycles. The van der Waals surface area contributed by atoms with Gasteiger partial charge in [-0.3, -0.25) is 9.59 Å². The van der Waals surface area contributed by atoms with Crippen molar-refractivity contribution in [1.29, 1.82) is 0 Å². The molecule has 2 aromatic rings. The third kappa shape index (κ3) is 4.48. The summed E-state index contributed by atoms with van der Waals surface area (Å²) in [6.07, 6.45) is 2.20. The van der Waals surface area contributed by atoms with Crippen LogP contribution in [0.25, 0.3) is 10.9 Å². The molecule has 1 aliphatic rings. The molecule has 1 aliphatic heterocycles. The Labute approximate surface area is 148 Å². The van der Waals surface area contributed by atoms with Gasteiger partial charge >= 0.3 is 0 Å². The molecular weight excluding hydrogens is 314 g/mol. The Morgan fingerprint density at radius 1 is 1.24 bits per heavy atom. The van der Waals surface area contributed by atoms with E-state index in [1.54, 1.807) is 6.07 Å². The topological polar surface area (TPSA) is 65.2 Å². The lowest BCUT2D eigenvalue weighted by atomic mass is 9.92. The molecule has 5 nitrogen and oxygen atoms in total. The van der Waals surface area contributed by atoms with Gasteiger partial charge in [-0.15, -0.1) is 0 Å². The zero-order valence-corrected chi connectivity index (χ0v) is 15.0. The maximum absolute atomic E-state index is 12.3. The van der Waals surface area contributed by atoms with Crippen molar-refractivity contribution >= 4 is 16.8 Å². The van der Waals surface area contributed by atoms with Crippen molar-refractivity contribution < 1.29 is 4.79 Å². The number of nitrogens with one attached hydrogen (secondary N) is 2. The van der Waals surface area contributed by atoms with Crippen molar-refractivity contribution in [1.82, 2.24) is 15.2 Å². The minimum atomic E-state index is -0.338. The van der Waals surface area contributed by atoms with Crippen LogP contribution >= 0.6 is 0 Å². The highest BCUT2D eigenvalue weighted by Crippen LogP contribution is 2.20. The molecular formula is C20H27N3O2. The number of fused-ring (bicyclic) bond motifs is 1. The number of aromatic nitrogens is 1. The van der Waals surface area contributed by atoms with Gasteiger partial charge in [0.25, 0.3) is 11.5 Å². The number of rotatable bonds is 5. The minimum Gasteiger partial charge on any atom is -0.352 e. The van der Waals surface area contributed by atoms with Crippen molar-refractivity contribution in [3.63, 3.8) is 0 Å². The van der Waals surface area contributed by atoms with E-state index >= 15 is 0 Å². The smallest absolute Gasteiger partial charge is 0.261 e. The van der Waals surface area contributed by atoms with Gasteiger partial charge in [0.15, 0.2) is 0 Å². The first kappa shape index (κ1) is 17.7. The van der Waals surface area contributed by atoms with Crippen LogP contribution in [0.3, 0.4) is 0 Å². The summed E-state index contributed by atoms with van der Waals surface area (Å²) in [5, 5.41) is 3.75. The van der Waals surface area contributed by atoms with Crippen LogP contribution in [0, 0.1) is 11.8 Å². The zero-order chi connectivity index (χ0) is 17.8. The highest BCUT2D eigenvalue weighted by atomic mass is 16.2. The van der Waals surface area contributed by atoms with Gasteiger partial charge in [0.2, 0.25) is 0 Å². The number of amides is 1. The molecule has 0 unspecified atom stereocenters. The fraction of sp³-hybridized carbons (Fsp3) is 0.500. The van der Waals surface area contributed by atoms with Crippen molar-refractivity contribution in [2.75, 3.05) is 26.2 Å². The number of hydrogen-bond acceptors (Lipinski definition) is 3. The second-order valence-electron chi connectivity index (χ2n) is 7.41.